The van der Waals surface area contributed by atoms with E-state index in [0.717, 1.165) is 16.9 Å². The first kappa shape index (κ1) is 15.0. The van der Waals surface area contributed by atoms with Crippen molar-refractivity contribution in [3.8, 4) is 6.07 Å². The summed E-state index contributed by atoms with van der Waals surface area (Å²) in [6.45, 7) is 1.86. The lowest BCUT2D eigenvalue weighted by Crippen LogP contribution is -2.27. The molecule has 110 valence electrons. The van der Waals surface area contributed by atoms with Crippen molar-refractivity contribution >= 4 is 23.2 Å². The second kappa shape index (κ2) is 5.68. The first-order valence-corrected chi connectivity index (χ1v) is 7.59. The molecule has 0 saturated carbocycles. The molecule has 0 unspecified atom stereocenters. The molecule has 22 heavy (non-hydrogen) atoms. The molecule has 1 aliphatic rings. The maximum Gasteiger partial charge on any atom is 0.150 e. The Morgan fingerprint density at radius 3 is 2.09 bits per heavy atom. The van der Waals surface area contributed by atoms with Gasteiger partial charge in [-0.25, -0.2) is 0 Å². The van der Waals surface area contributed by atoms with Crippen LogP contribution in [0.5, 0.6) is 0 Å². The molecule has 2 atom stereocenters. The number of halogens is 2. The van der Waals surface area contributed by atoms with Crippen LogP contribution in [0.4, 0.5) is 0 Å². The molecule has 4 heteroatoms. The highest BCUT2D eigenvalue weighted by atomic mass is 35.5. The second-order valence-corrected chi connectivity index (χ2v) is 6.17. The molecule has 0 radical (unpaired) electrons. The fraction of sp³-hybridized carbons (Fsp3) is 0.167. The van der Waals surface area contributed by atoms with E-state index in [4.69, 9.17) is 27.9 Å². The van der Waals surface area contributed by atoms with Crippen molar-refractivity contribution in [3.63, 3.8) is 0 Å². The third kappa shape index (κ3) is 2.47. The van der Waals surface area contributed by atoms with Crippen LogP contribution < -0.4 is 0 Å². The van der Waals surface area contributed by atoms with Gasteiger partial charge in [-0.05, 0) is 48.4 Å². The minimum atomic E-state index is -0.873. The van der Waals surface area contributed by atoms with Crippen molar-refractivity contribution < 1.29 is 4.74 Å². The molecule has 0 aromatic heterocycles. The zero-order valence-electron chi connectivity index (χ0n) is 11.9. The Balaban J connectivity index is 2.12. The van der Waals surface area contributed by atoms with Crippen molar-refractivity contribution in [3.05, 3.63) is 81.5 Å². The van der Waals surface area contributed by atoms with E-state index in [1.165, 1.54) is 0 Å². The quantitative estimate of drug-likeness (QED) is 0.735. The molecule has 0 bridgehead atoms. The molecule has 0 fully saturated rings. The summed E-state index contributed by atoms with van der Waals surface area (Å²) in [4.78, 5) is 0. The number of ether oxygens (including phenoxy) is 1. The summed E-state index contributed by atoms with van der Waals surface area (Å²) in [6.07, 6.45) is 1.46. The van der Waals surface area contributed by atoms with Crippen molar-refractivity contribution in [1.29, 1.82) is 5.26 Å². The van der Waals surface area contributed by atoms with Gasteiger partial charge >= 0.3 is 0 Å². The molecule has 0 saturated heterocycles. The average Bonchev–Trinajstić information content (AvgIpc) is 2.86. The smallest absolute Gasteiger partial charge is 0.150 e. The predicted octanol–water partition coefficient (Wildman–Crippen LogP) is 5.43. The number of nitrogens with zero attached hydrogens (tertiary/aromatic N) is 1. The predicted molar refractivity (Wildman–Crippen MR) is 87.8 cm³/mol. The lowest BCUT2D eigenvalue weighted by Gasteiger charge is -2.27. The normalized spacial score (nSPS) is 23.5. The Hall–Kier alpha value is -1.95. The first-order chi connectivity index (χ1) is 10.5. The summed E-state index contributed by atoms with van der Waals surface area (Å²) in [6, 6.07) is 17.1. The highest BCUT2D eigenvalue weighted by Gasteiger charge is 2.46. The van der Waals surface area contributed by atoms with Crippen molar-refractivity contribution in [1.82, 2.24) is 0 Å². The molecule has 3 rings (SSSR count). The molecule has 1 heterocycles. The van der Waals surface area contributed by atoms with Crippen LogP contribution in [0.25, 0.3) is 0 Å². The van der Waals surface area contributed by atoms with E-state index >= 15 is 0 Å². The van der Waals surface area contributed by atoms with Gasteiger partial charge in [-0.3, -0.25) is 0 Å². The Morgan fingerprint density at radius 2 is 1.55 bits per heavy atom. The molecular weight excluding hydrogens is 317 g/mol. The number of allylic oxidation sites excluding steroid dienone is 1. The molecule has 0 N–H and O–H groups in total. The number of hydrogen-bond acceptors (Lipinski definition) is 2. The van der Waals surface area contributed by atoms with E-state index in [0.29, 0.717) is 10.0 Å². The zero-order chi connectivity index (χ0) is 15.7. The van der Waals surface area contributed by atoms with Gasteiger partial charge < -0.3 is 4.74 Å². The Bertz CT molecular complexity index is 759. The van der Waals surface area contributed by atoms with E-state index in [1.807, 2.05) is 37.3 Å². The van der Waals surface area contributed by atoms with Gasteiger partial charge in [0, 0.05) is 10.0 Å². The summed E-state index contributed by atoms with van der Waals surface area (Å²) in [5.74, 6) is 0.733. The third-order valence-corrected chi connectivity index (χ3v) is 4.33. The van der Waals surface area contributed by atoms with Crippen LogP contribution >= 0.6 is 23.2 Å². The minimum Gasteiger partial charge on any atom is -0.488 e. The Morgan fingerprint density at radius 1 is 1.00 bits per heavy atom. The van der Waals surface area contributed by atoms with Crippen molar-refractivity contribution in [2.24, 2.45) is 0 Å². The SMILES string of the molecule is CC1=C[C@@](C#N)(c2ccc(Cl)cc2)[C@H](c2ccc(Cl)cc2)O1. The van der Waals surface area contributed by atoms with E-state index in [-0.39, 0.29) is 0 Å². The standard InChI is InChI=1S/C18H13Cl2NO/c1-12-10-18(11-21,14-4-8-16(20)9-5-14)17(22-12)13-2-6-15(19)7-3-13/h2-10,17H,1H3/t17-,18+/m0/s1. The fourth-order valence-corrected chi connectivity index (χ4v) is 3.05. The monoisotopic (exact) mass is 329 g/mol. The molecule has 2 nitrogen and oxygen atoms in total. The summed E-state index contributed by atoms with van der Waals surface area (Å²) < 4.78 is 5.94. The van der Waals surface area contributed by atoms with Gasteiger partial charge in [-0.15, -0.1) is 0 Å². The topological polar surface area (TPSA) is 33.0 Å². The maximum atomic E-state index is 9.91. The second-order valence-electron chi connectivity index (χ2n) is 5.29. The average molecular weight is 330 g/mol. The number of hydrogen-bond donors (Lipinski definition) is 0. The molecular formula is C18H13Cl2NO. The summed E-state index contributed by atoms with van der Waals surface area (Å²) in [7, 11) is 0. The first-order valence-electron chi connectivity index (χ1n) is 6.84. The van der Waals surface area contributed by atoms with Gasteiger partial charge in [0.15, 0.2) is 0 Å². The van der Waals surface area contributed by atoms with Crippen LogP contribution in [-0.4, -0.2) is 0 Å². The molecule has 0 spiro atoms. The van der Waals surface area contributed by atoms with E-state index in [9.17, 15) is 5.26 Å². The van der Waals surface area contributed by atoms with E-state index < -0.39 is 11.5 Å². The van der Waals surface area contributed by atoms with Gasteiger partial charge in [0.05, 0.1) is 11.8 Å². The highest BCUT2D eigenvalue weighted by molar-refractivity contribution is 6.30. The number of benzene rings is 2. The van der Waals surface area contributed by atoms with Crippen LogP contribution in [0.2, 0.25) is 10.0 Å². The van der Waals surface area contributed by atoms with Crippen molar-refractivity contribution in [2.75, 3.05) is 0 Å². The minimum absolute atomic E-state index is 0.407. The fourth-order valence-electron chi connectivity index (χ4n) is 2.79. The van der Waals surface area contributed by atoms with Crippen LogP contribution in [0, 0.1) is 11.3 Å². The molecule has 2 aromatic carbocycles. The maximum absolute atomic E-state index is 9.91. The lowest BCUT2D eigenvalue weighted by atomic mass is 9.75. The molecule has 0 amide bonds. The van der Waals surface area contributed by atoms with Gasteiger partial charge in [0.1, 0.15) is 11.5 Å². The van der Waals surface area contributed by atoms with E-state index in [1.54, 1.807) is 24.3 Å². The van der Waals surface area contributed by atoms with E-state index in [2.05, 4.69) is 6.07 Å². The third-order valence-electron chi connectivity index (χ3n) is 3.83. The van der Waals surface area contributed by atoms with Gasteiger partial charge in [-0.2, -0.15) is 5.26 Å². The summed E-state index contributed by atoms with van der Waals surface area (Å²) >= 11 is 11.9. The number of nitriles is 1. The summed E-state index contributed by atoms with van der Waals surface area (Å²) in [5.41, 5.74) is 0.896. The number of rotatable bonds is 2. The summed E-state index contributed by atoms with van der Waals surface area (Å²) in [5, 5.41) is 11.2. The Kier molecular flexibility index (Phi) is 3.87. The van der Waals surface area contributed by atoms with Gasteiger partial charge in [0.25, 0.3) is 0 Å². The Labute approximate surface area is 139 Å². The lowest BCUT2D eigenvalue weighted by molar-refractivity contribution is 0.115. The van der Waals surface area contributed by atoms with Crippen molar-refractivity contribution in [2.45, 2.75) is 18.4 Å². The highest BCUT2D eigenvalue weighted by Crippen LogP contribution is 2.47. The van der Waals surface area contributed by atoms with Crippen LogP contribution in [0.1, 0.15) is 24.2 Å². The largest absolute Gasteiger partial charge is 0.488 e. The molecule has 1 aliphatic heterocycles. The van der Waals surface area contributed by atoms with Crippen LogP contribution in [0.3, 0.4) is 0 Å². The molecule has 2 aromatic rings. The van der Waals surface area contributed by atoms with Gasteiger partial charge in [0.2, 0.25) is 0 Å². The van der Waals surface area contributed by atoms with Gasteiger partial charge in [-0.1, -0.05) is 47.5 Å². The van der Waals surface area contributed by atoms with Crippen LogP contribution in [0.15, 0.2) is 60.4 Å². The zero-order valence-corrected chi connectivity index (χ0v) is 13.4. The molecule has 0 aliphatic carbocycles. The van der Waals surface area contributed by atoms with Crippen LogP contribution in [-0.2, 0) is 10.2 Å².